The van der Waals surface area contributed by atoms with Crippen molar-refractivity contribution in [2.45, 2.75) is 25.8 Å². The molecule has 4 rings (SSSR count). The van der Waals surface area contributed by atoms with Crippen LogP contribution in [-0.4, -0.2) is 59.8 Å². The molecule has 3 aromatic rings. The first-order valence-electron chi connectivity index (χ1n) is 10.9. The van der Waals surface area contributed by atoms with Gasteiger partial charge in [0.25, 0.3) is 5.91 Å². The maximum Gasteiger partial charge on any atom is 0.275 e. The van der Waals surface area contributed by atoms with Crippen LogP contribution in [0.4, 0.5) is 0 Å². The van der Waals surface area contributed by atoms with Gasteiger partial charge in [0.15, 0.2) is 17.2 Å². The third kappa shape index (κ3) is 4.84. The number of methoxy groups -OCH3 is 2. The van der Waals surface area contributed by atoms with Gasteiger partial charge in [0, 0.05) is 37.8 Å². The van der Waals surface area contributed by atoms with Crippen LogP contribution in [0.3, 0.4) is 0 Å². The highest BCUT2D eigenvalue weighted by molar-refractivity contribution is 5.99. The van der Waals surface area contributed by atoms with Crippen molar-refractivity contribution in [2.75, 3.05) is 27.3 Å². The lowest BCUT2D eigenvalue weighted by molar-refractivity contribution is -0.119. The molecule has 0 atom stereocenters. The molecule has 1 aromatic heterocycles. The third-order valence-electron chi connectivity index (χ3n) is 5.82. The van der Waals surface area contributed by atoms with Crippen molar-refractivity contribution in [3.05, 3.63) is 60.4 Å². The molecule has 1 N–H and O–H groups in total. The maximum absolute atomic E-state index is 13.6. The zero-order chi connectivity index (χ0) is 23.4. The molecule has 2 heterocycles. The minimum Gasteiger partial charge on any atom is -0.493 e. The number of aromatic nitrogens is 2. The molecule has 2 amide bonds. The number of likely N-dealkylation sites (tertiary alicyclic amines) is 1. The SMILES string of the molecule is COc1ccc(-c2cn(-c3ccccc3)nc2C(=O)N2CCC(NC(C)=O)CC2)cc1OC. The third-order valence-corrected chi connectivity index (χ3v) is 5.82. The number of amides is 2. The van der Waals surface area contributed by atoms with Gasteiger partial charge in [-0.25, -0.2) is 4.68 Å². The fourth-order valence-corrected chi connectivity index (χ4v) is 4.12. The molecular weight excluding hydrogens is 420 g/mol. The first kappa shape index (κ1) is 22.4. The standard InChI is InChI=1S/C25H28N4O4/c1-17(30)26-19-11-13-28(14-12-19)25(31)24-21(16-29(27-24)20-7-5-4-6-8-20)18-9-10-22(32-2)23(15-18)33-3/h4-10,15-16,19H,11-14H2,1-3H3,(H,26,30). The molecule has 0 radical (unpaired) electrons. The number of piperidine rings is 1. The van der Waals surface area contributed by atoms with E-state index in [1.807, 2.05) is 54.7 Å². The molecule has 0 unspecified atom stereocenters. The molecule has 0 saturated carbocycles. The summed E-state index contributed by atoms with van der Waals surface area (Å²) >= 11 is 0. The molecule has 1 aliphatic rings. The minimum atomic E-state index is -0.129. The Morgan fingerprint density at radius 2 is 1.70 bits per heavy atom. The molecule has 1 fully saturated rings. The second kappa shape index (κ2) is 9.77. The maximum atomic E-state index is 13.6. The number of benzene rings is 2. The van der Waals surface area contributed by atoms with Crippen LogP contribution < -0.4 is 14.8 Å². The Morgan fingerprint density at radius 3 is 2.33 bits per heavy atom. The summed E-state index contributed by atoms with van der Waals surface area (Å²) in [6.07, 6.45) is 3.31. The predicted molar refractivity (Wildman–Crippen MR) is 125 cm³/mol. The van der Waals surface area contributed by atoms with Crippen LogP contribution in [0.2, 0.25) is 0 Å². The highest BCUT2D eigenvalue weighted by atomic mass is 16.5. The molecule has 8 nitrogen and oxygen atoms in total. The van der Waals surface area contributed by atoms with E-state index >= 15 is 0 Å². The van der Waals surface area contributed by atoms with Gasteiger partial charge in [-0.15, -0.1) is 0 Å². The molecule has 0 aliphatic carbocycles. The van der Waals surface area contributed by atoms with E-state index in [0.717, 1.165) is 24.1 Å². The highest BCUT2D eigenvalue weighted by Crippen LogP contribution is 2.34. The number of para-hydroxylation sites is 1. The van der Waals surface area contributed by atoms with Crippen molar-refractivity contribution in [2.24, 2.45) is 0 Å². The summed E-state index contributed by atoms with van der Waals surface area (Å²) < 4.78 is 12.6. The van der Waals surface area contributed by atoms with E-state index in [0.29, 0.717) is 35.8 Å². The second-order valence-corrected chi connectivity index (χ2v) is 8.01. The smallest absolute Gasteiger partial charge is 0.275 e. The number of carbonyl (C=O) groups is 2. The Hall–Kier alpha value is -3.81. The Balaban J connectivity index is 1.69. The monoisotopic (exact) mass is 448 g/mol. The van der Waals surface area contributed by atoms with Crippen molar-refractivity contribution in [3.8, 4) is 28.3 Å². The lowest BCUT2D eigenvalue weighted by Crippen LogP contribution is -2.46. The summed E-state index contributed by atoms with van der Waals surface area (Å²) in [7, 11) is 3.17. The van der Waals surface area contributed by atoms with Gasteiger partial charge in [-0.3, -0.25) is 9.59 Å². The van der Waals surface area contributed by atoms with Crippen LogP contribution in [-0.2, 0) is 4.79 Å². The van der Waals surface area contributed by atoms with Crippen LogP contribution in [0, 0.1) is 0 Å². The number of rotatable bonds is 6. The molecule has 0 spiro atoms. The van der Waals surface area contributed by atoms with Crippen molar-refractivity contribution >= 4 is 11.8 Å². The number of hydrogen-bond donors (Lipinski definition) is 1. The van der Waals surface area contributed by atoms with E-state index in [1.165, 1.54) is 6.92 Å². The molecule has 172 valence electrons. The van der Waals surface area contributed by atoms with E-state index in [-0.39, 0.29) is 17.9 Å². The predicted octanol–water partition coefficient (Wildman–Crippen LogP) is 3.30. The molecule has 2 aromatic carbocycles. The zero-order valence-electron chi connectivity index (χ0n) is 19.1. The average Bonchev–Trinajstić information content (AvgIpc) is 3.29. The van der Waals surface area contributed by atoms with E-state index in [4.69, 9.17) is 9.47 Å². The molecular formula is C25H28N4O4. The van der Waals surface area contributed by atoms with Crippen LogP contribution in [0.25, 0.3) is 16.8 Å². The number of nitrogens with zero attached hydrogens (tertiary/aromatic N) is 3. The summed E-state index contributed by atoms with van der Waals surface area (Å²) in [4.78, 5) is 26.7. The fourth-order valence-electron chi connectivity index (χ4n) is 4.12. The molecule has 8 heteroatoms. The minimum absolute atomic E-state index is 0.0443. The highest BCUT2D eigenvalue weighted by Gasteiger charge is 2.28. The lowest BCUT2D eigenvalue weighted by Gasteiger charge is -2.32. The van der Waals surface area contributed by atoms with Crippen molar-refractivity contribution < 1.29 is 19.1 Å². The van der Waals surface area contributed by atoms with Gasteiger partial charge in [-0.2, -0.15) is 5.10 Å². The van der Waals surface area contributed by atoms with E-state index < -0.39 is 0 Å². The number of carbonyl (C=O) groups excluding carboxylic acids is 2. The van der Waals surface area contributed by atoms with Gasteiger partial charge < -0.3 is 19.7 Å². The number of nitrogens with one attached hydrogen (secondary N) is 1. The topological polar surface area (TPSA) is 85.7 Å². The normalized spacial score (nSPS) is 14.1. The molecule has 1 aliphatic heterocycles. The van der Waals surface area contributed by atoms with Gasteiger partial charge in [0.2, 0.25) is 5.91 Å². The van der Waals surface area contributed by atoms with Crippen LogP contribution >= 0.6 is 0 Å². The number of ether oxygens (including phenoxy) is 2. The van der Waals surface area contributed by atoms with E-state index in [9.17, 15) is 9.59 Å². The summed E-state index contributed by atoms with van der Waals surface area (Å²) in [6.45, 7) is 2.64. The van der Waals surface area contributed by atoms with Gasteiger partial charge in [0.05, 0.1) is 19.9 Å². The molecule has 33 heavy (non-hydrogen) atoms. The fraction of sp³-hybridized carbons (Fsp3) is 0.320. The first-order valence-corrected chi connectivity index (χ1v) is 10.9. The van der Waals surface area contributed by atoms with Crippen molar-refractivity contribution in [1.82, 2.24) is 20.0 Å². The van der Waals surface area contributed by atoms with Gasteiger partial charge >= 0.3 is 0 Å². The quantitative estimate of drug-likeness (QED) is 0.625. The average molecular weight is 449 g/mol. The largest absolute Gasteiger partial charge is 0.493 e. The molecule has 1 saturated heterocycles. The number of hydrogen-bond acceptors (Lipinski definition) is 5. The summed E-state index contributed by atoms with van der Waals surface area (Å²) in [5.41, 5.74) is 2.77. The summed E-state index contributed by atoms with van der Waals surface area (Å²) in [6, 6.07) is 15.4. The van der Waals surface area contributed by atoms with Crippen LogP contribution in [0.15, 0.2) is 54.7 Å². The van der Waals surface area contributed by atoms with Crippen LogP contribution in [0.5, 0.6) is 11.5 Å². The lowest BCUT2D eigenvalue weighted by atomic mass is 10.0. The second-order valence-electron chi connectivity index (χ2n) is 8.01. The van der Waals surface area contributed by atoms with Gasteiger partial charge in [0.1, 0.15) is 0 Å². The zero-order valence-corrected chi connectivity index (χ0v) is 19.1. The Kier molecular flexibility index (Phi) is 6.63. The summed E-state index contributed by atoms with van der Waals surface area (Å²) in [5.74, 6) is 1.02. The summed E-state index contributed by atoms with van der Waals surface area (Å²) in [5, 5.41) is 7.63. The van der Waals surface area contributed by atoms with E-state index in [2.05, 4.69) is 10.4 Å². The van der Waals surface area contributed by atoms with Crippen molar-refractivity contribution in [3.63, 3.8) is 0 Å². The Bertz CT molecular complexity index is 1130. The van der Waals surface area contributed by atoms with Gasteiger partial charge in [-0.1, -0.05) is 24.3 Å². The Morgan fingerprint density at radius 1 is 1.00 bits per heavy atom. The van der Waals surface area contributed by atoms with Crippen molar-refractivity contribution in [1.29, 1.82) is 0 Å². The van der Waals surface area contributed by atoms with Crippen LogP contribution in [0.1, 0.15) is 30.3 Å². The molecule has 0 bridgehead atoms. The Labute approximate surface area is 193 Å². The first-order chi connectivity index (χ1) is 16.0. The van der Waals surface area contributed by atoms with Gasteiger partial charge in [-0.05, 0) is 42.7 Å². The van der Waals surface area contributed by atoms with E-state index in [1.54, 1.807) is 23.8 Å².